The maximum absolute atomic E-state index is 12.4. The van der Waals surface area contributed by atoms with Gasteiger partial charge in [0, 0.05) is 13.1 Å². The van der Waals surface area contributed by atoms with Crippen molar-refractivity contribution in [1.29, 1.82) is 0 Å². The number of aromatic nitrogens is 4. The van der Waals surface area contributed by atoms with Crippen molar-refractivity contribution in [1.82, 2.24) is 24.4 Å². The lowest BCUT2D eigenvalue weighted by molar-refractivity contribution is 0.277. The van der Waals surface area contributed by atoms with Crippen LogP contribution in [-0.4, -0.2) is 50.6 Å². The first kappa shape index (κ1) is 19.7. The molecule has 4 N–H and O–H groups in total. The number of aromatic amines is 1. The first-order chi connectivity index (χ1) is 13.2. The van der Waals surface area contributed by atoms with Gasteiger partial charge in [-0.2, -0.15) is 9.97 Å². The molecule has 3 rings (SSSR count). The van der Waals surface area contributed by atoms with Gasteiger partial charge in [-0.1, -0.05) is 26.2 Å². The smallest absolute Gasteiger partial charge is 0.327 e. The van der Waals surface area contributed by atoms with Crippen LogP contribution in [0, 0.1) is 0 Å². The second kappa shape index (κ2) is 9.73. The summed E-state index contributed by atoms with van der Waals surface area (Å²) in [6.07, 6.45) is 9.51. The van der Waals surface area contributed by atoms with E-state index in [0.717, 1.165) is 38.8 Å². The molecule has 150 valence electrons. The molecule has 1 aliphatic heterocycles. The molecule has 2 aromatic rings. The molecule has 0 saturated carbocycles. The van der Waals surface area contributed by atoms with Crippen LogP contribution in [-0.2, 0) is 6.54 Å². The summed E-state index contributed by atoms with van der Waals surface area (Å²) in [5.74, 6) is 0.810. The number of nitrogens with one attached hydrogen (secondary N) is 2. The molecule has 0 spiro atoms. The molecule has 0 radical (unpaired) electrons. The molecule has 0 amide bonds. The van der Waals surface area contributed by atoms with E-state index in [1.54, 1.807) is 4.57 Å². The first-order valence-electron chi connectivity index (χ1n) is 10.4. The number of nitrogen functional groups attached to an aromatic ring is 1. The number of nitrogens with two attached hydrogens (primary N) is 1. The Kier molecular flexibility index (Phi) is 7.09. The lowest BCUT2D eigenvalue weighted by Gasteiger charge is -2.19. The van der Waals surface area contributed by atoms with Crippen LogP contribution in [0.2, 0.25) is 0 Å². The number of hydrogen-bond acceptors (Lipinski definition) is 6. The SMILES string of the molecule is CCCCNc1nc(N)c2[nH]c(=O)n(CCCCN3CCCCCC3)c2n1. The second-order valence-electron chi connectivity index (χ2n) is 7.46. The van der Waals surface area contributed by atoms with E-state index in [1.807, 2.05) is 0 Å². The molecule has 8 heteroatoms. The minimum atomic E-state index is -0.161. The molecule has 1 saturated heterocycles. The van der Waals surface area contributed by atoms with Crippen molar-refractivity contribution in [3.63, 3.8) is 0 Å². The van der Waals surface area contributed by atoms with Crippen molar-refractivity contribution < 1.29 is 0 Å². The maximum atomic E-state index is 12.4. The van der Waals surface area contributed by atoms with Gasteiger partial charge in [-0.25, -0.2) is 4.79 Å². The van der Waals surface area contributed by atoms with Gasteiger partial charge in [-0.05, 0) is 51.7 Å². The van der Waals surface area contributed by atoms with Gasteiger partial charge < -0.3 is 20.9 Å². The number of anilines is 2. The summed E-state index contributed by atoms with van der Waals surface area (Å²) in [4.78, 5) is 26.5. The Bertz CT molecular complexity index is 774. The molecule has 27 heavy (non-hydrogen) atoms. The predicted molar refractivity (Wildman–Crippen MR) is 110 cm³/mol. The van der Waals surface area contributed by atoms with Crippen LogP contribution in [0.1, 0.15) is 58.3 Å². The van der Waals surface area contributed by atoms with E-state index < -0.39 is 0 Å². The fourth-order valence-electron chi connectivity index (χ4n) is 3.68. The van der Waals surface area contributed by atoms with Gasteiger partial charge in [0.25, 0.3) is 0 Å². The number of fused-ring (bicyclic) bond motifs is 1. The number of H-pyrrole nitrogens is 1. The molecule has 0 bridgehead atoms. The summed E-state index contributed by atoms with van der Waals surface area (Å²) in [5.41, 5.74) is 7.00. The standard InChI is InChI=1S/C19H33N7O/c1-2-3-10-21-18-23-16(20)15-17(24-18)26(19(27)22-15)14-9-8-13-25-11-6-4-5-7-12-25/h2-14H2,1H3,(H,22,27)(H3,20,21,23,24). The largest absolute Gasteiger partial charge is 0.382 e. The molecule has 0 unspecified atom stereocenters. The van der Waals surface area contributed by atoms with Gasteiger partial charge >= 0.3 is 5.69 Å². The van der Waals surface area contributed by atoms with E-state index in [0.29, 0.717) is 29.5 Å². The van der Waals surface area contributed by atoms with Crippen LogP contribution in [0.15, 0.2) is 4.79 Å². The zero-order valence-corrected chi connectivity index (χ0v) is 16.5. The molecule has 1 aliphatic rings. The monoisotopic (exact) mass is 375 g/mol. The highest BCUT2D eigenvalue weighted by molar-refractivity contribution is 5.82. The third-order valence-electron chi connectivity index (χ3n) is 5.27. The van der Waals surface area contributed by atoms with E-state index in [1.165, 1.54) is 38.8 Å². The average Bonchev–Trinajstić information content (AvgIpc) is 2.83. The highest BCUT2D eigenvalue weighted by Gasteiger charge is 2.14. The molecular formula is C19H33N7O. The van der Waals surface area contributed by atoms with Crippen molar-refractivity contribution in [3.05, 3.63) is 10.5 Å². The van der Waals surface area contributed by atoms with Crippen LogP contribution in [0.5, 0.6) is 0 Å². The maximum Gasteiger partial charge on any atom is 0.327 e. The predicted octanol–water partition coefficient (Wildman–Crippen LogP) is 2.57. The molecule has 3 heterocycles. The molecule has 1 fully saturated rings. The van der Waals surface area contributed by atoms with Crippen LogP contribution in [0.4, 0.5) is 11.8 Å². The van der Waals surface area contributed by atoms with Crippen LogP contribution in [0.3, 0.4) is 0 Å². The summed E-state index contributed by atoms with van der Waals surface area (Å²) in [7, 11) is 0. The topological polar surface area (TPSA) is 105 Å². The number of nitrogens with zero attached hydrogens (tertiary/aromatic N) is 4. The zero-order chi connectivity index (χ0) is 19.1. The van der Waals surface area contributed by atoms with E-state index in [-0.39, 0.29) is 5.69 Å². The Hall–Kier alpha value is -2.09. The van der Waals surface area contributed by atoms with Gasteiger partial charge in [0.15, 0.2) is 11.5 Å². The van der Waals surface area contributed by atoms with Gasteiger partial charge in [-0.3, -0.25) is 4.57 Å². The van der Waals surface area contributed by atoms with Crippen LogP contribution in [0.25, 0.3) is 11.2 Å². The van der Waals surface area contributed by atoms with E-state index in [9.17, 15) is 4.79 Å². The molecular weight excluding hydrogens is 342 g/mol. The number of hydrogen-bond donors (Lipinski definition) is 3. The third kappa shape index (κ3) is 5.22. The minimum Gasteiger partial charge on any atom is -0.382 e. The zero-order valence-electron chi connectivity index (χ0n) is 16.5. The van der Waals surface area contributed by atoms with Crippen molar-refractivity contribution in [2.45, 2.75) is 64.8 Å². The highest BCUT2D eigenvalue weighted by atomic mass is 16.1. The number of imidazole rings is 1. The Morgan fingerprint density at radius 3 is 2.56 bits per heavy atom. The van der Waals surface area contributed by atoms with Gasteiger partial charge in [-0.15, -0.1) is 0 Å². The van der Waals surface area contributed by atoms with Gasteiger partial charge in [0.05, 0.1) is 0 Å². The summed E-state index contributed by atoms with van der Waals surface area (Å²) in [6.45, 7) is 7.12. The molecule has 2 aromatic heterocycles. The molecule has 0 atom stereocenters. The van der Waals surface area contributed by atoms with Gasteiger partial charge in [0.2, 0.25) is 5.95 Å². The first-order valence-corrected chi connectivity index (χ1v) is 10.4. The fraction of sp³-hybridized carbons (Fsp3) is 0.737. The number of likely N-dealkylation sites (tertiary alicyclic amines) is 1. The molecule has 8 nitrogen and oxygen atoms in total. The normalized spacial score (nSPS) is 15.9. The van der Waals surface area contributed by atoms with E-state index in [2.05, 4.69) is 32.1 Å². The third-order valence-corrected chi connectivity index (χ3v) is 5.27. The number of aryl methyl sites for hydroxylation is 1. The number of rotatable bonds is 9. The molecule has 0 aliphatic carbocycles. The van der Waals surface area contributed by atoms with Crippen LogP contribution < -0.4 is 16.7 Å². The summed E-state index contributed by atoms with van der Waals surface area (Å²) in [5, 5.41) is 3.19. The Balaban J connectivity index is 1.62. The average molecular weight is 376 g/mol. The van der Waals surface area contributed by atoms with Crippen molar-refractivity contribution in [3.8, 4) is 0 Å². The van der Waals surface area contributed by atoms with Gasteiger partial charge in [0.1, 0.15) is 5.52 Å². The lowest BCUT2D eigenvalue weighted by atomic mass is 10.2. The summed E-state index contributed by atoms with van der Waals surface area (Å²) in [6, 6.07) is 0. The Labute approximate surface area is 160 Å². The van der Waals surface area contributed by atoms with Crippen molar-refractivity contribution in [2.75, 3.05) is 37.2 Å². The van der Waals surface area contributed by atoms with Crippen LogP contribution >= 0.6 is 0 Å². The number of unbranched alkanes of at least 4 members (excludes halogenated alkanes) is 2. The van der Waals surface area contributed by atoms with E-state index >= 15 is 0 Å². The Morgan fingerprint density at radius 1 is 1.07 bits per heavy atom. The van der Waals surface area contributed by atoms with Crippen molar-refractivity contribution >= 4 is 22.9 Å². The van der Waals surface area contributed by atoms with Crippen molar-refractivity contribution in [2.24, 2.45) is 0 Å². The second-order valence-corrected chi connectivity index (χ2v) is 7.46. The summed E-state index contributed by atoms with van der Waals surface area (Å²) < 4.78 is 1.70. The molecule has 0 aromatic carbocycles. The van der Waals surface area contributed by atoms with E-state index in [4.69, 9.17) is 5.73 Å². The Morgan fingerprint density at radius 2 is 1.81 bits per heavy atom. The summed E-state index contributed by atoms with van der Waals surface area (Å²) >= 11 is 0. The lowest BCUT2D eigenvalue weighted by Crippen LogP contribution is -2.26. The minimum absolute atomic E-state index is 0.161. The quantitative estimate of drug-likeness (QED) is 0.582. The fourth-order valence-corrected chi connectivity index (χ4v) is 3.68. The highest BCUT2D eigenvalue weighted by Crippen LogP contribution is 2.17.